The number of hydrogen-bond donors (Lipinski definition) is 1. The third-order valence-corrected chi connectivity index (χ3v) is 4.47. The molecular weight excluding hydrogens is 278 g/mol. The van der Waals surface area contributed by atoms with E-state index in [0.29, 0.717) is 19.1 Å². The summed E-state index contributed by atoms with van der Waals surface area (Å²) in [5, 5.41) is 3.13. The van der Waals surface area contributed by atoms with Crippen molar-refractivity contribution in [3.63, 3.8) is 0 Å². The van der Waals surface area contributed by atoms with E-state index in [1.54, 1.807) is 0 Å². The van der Waals surface area contributed by atoms with Gasteiger partial charge in [0.05, 0.1) is 18.6 Å². The number of nitrogens with one attached hydrogen (secondary N) is 1. The molecule has 0 bridgehead atoms. The average Bonchev–Trinajstić information content (AvgIpc) is 2.49. The second-order valence-electron chi connectivity index (χ2n) is 7.17. The second kappa shape index (κ2) is 9.48. The van der Waals surface area contributed by atoms with E-state index < -0.39 is 0 Å². The maximum absolute atomic E-state index is 12.7. The van der Waals surface area contributed by atoms with Crippen molar-refractivity contribution in [2.24, 2.45) is 11.3 Å². The van der Waals surface area contributed by atoms with E-state index in [2.05, 4.69) is 35.9 Å². The molecule has 0 saturated carbocycles. The van der Waals surface area contributed by atoms with Gasteiger partial charge in [0.25, 0.3) is 0 Å². The van der Waals surface area contributed by atoms with Crippen LogP contribution in [0.15, 0.2) is 0 Å². The van der Waals surface area contributed by atoms with Gasteiger partial charge < -0.3 is 19.9 Å². The van der Waals surface area contributed by atoms with Gasteiger partial charge in [0, 0.05) is 13.1 Å². The number of rotatable bonds is 9. The fraction of sp³-hybridized carbons (Fsp3) is 0.941. The van der Waals surface area contributed by atoms with Crippen molar-refractivity contribution in [3.8, 4) is 0 Å². The van der Waals surface area contributed by atoms with Crippen molar-refractivity contribution in [2.75, 3.05) is 60.0 Å². The largest absolute Gasteiger partial charge is 0.379 e. The maximum Gasteiger partial charge on any atom is 0.228 e. The summed E-state index contributed by atoms with van der Waals surface area (Å²) in [7, 11) is 4.07. The van der Waals surface area contributed by atoms with E-state index >= 15 is 0 Å². The smallest absolute Gasteiger partial charge is 0.228 e. The van der Waals surface area contributed by atoms with Crippen LogP contribution in [0.4, 0.5) is 0 Å². The molecule has 1 amide bonds. The van der Waals surface area contributed by atoms with Gasteiger partial charge in [-0.1, -0.05) is 20.8 Å². The van der Waals surface area contributed by atoms with Crippen molar-refractivity contribution < 1.29 is 9.53 Å². The zero-order valence-electron chi connectivity index (χ0n) is 15.2. The van der Waals surface area contributed by atoms with Crippen molar-refractivity contribution in [2.45, 2.75) is 33.6 Å². The molecule has 5 nitrogen and oxygen atoms in total. The lowest BCUT2D eigenvalue weighted by atomic mass is 9.78. The Balaban J connectivity index is 2.58. The number of amides is 1. The lowest BCUT2D eigenvalue weighted by molar-refractivity contribution is -0.139. The number of likely N-dealkylation sites (tertiary alicyclic amines) is 1. The molecule has 1 saturated heterocycles. The van der Waals surface area contributed by atoms with Gasteiger partial charge in [0.15, 0.2) is 0 Å². The minimum absolute atomic E-state index is 0.182. The molecule has 1 aliphatic rings. The van der Waals surface area contributed by atoms with Crippen LogP contribution in [-0.4, -0.2) is 75.7 Å². The SMILES string of the molecule is CCN1CCC(COCCN(C)C)(C(=O)NCC(C)C)CC1. The number of carbonyl (C=O) groups is 1. The number of nitrogens with zero attached hydrogens (tertiary/aromatic N) is 2. The second-order valence-corrected chi connectivity index (χ2v) is 7.17. The average molecular weight is 313 g/mol. The summed E-state index contributed by atoms with van der Waals surface area (Å²) in [5.74, 6) is 0.660. The van der Waals surface area contributed by atoms with E-state index in [0.717, 1.165) is 45.6 Å². The topological polar surface area (TPSA) is 44.8 Å². The molecule has 0 atom stereocenters. The minimum Gasteiger partial charge on any atom is -0.379 e. The number of ether oxygens (including phenoxy) is 1. The third-order valence-electron chi connectivity index (χ3n) is 4.47. The molecule has 0 aromatic heterocycles. The standard InChI is InChI=1S/C17H35N3O2/c1-6-20-9-7-17(8-10-20,14-22-12-11-19(4)5)16(21)18-13-15(2)3/h15H,6-14H2,1-5H3,(H,18,21). The summed E-state index contributed by atoms with van der Waals surface area (Å²) >= 11 is 0. The van der Waals surface area contributed by atoms with Crippen LogP contribution in [0.25, 0.3) is 0 Å². The van der Waals surface area contributed by atoms with E-state index in [9.17, 15) is 4.79 Å². The van der Waals surface area contributed by atoms with Crippen LogP contribution >= 0.6 is 0 Å². The molecule has 0 spiro atoms. The van der Waals surface area contributed by atoms with Crippen LogP contribution in [-0.2, 0) is 9.53 Å². The summed E-state index contributed by atoms with van der Waals surface area (Å²) < 4.78 is 5.86. The third kappa shape index (κ3) is 6.23. The first-order valence-electron chi connectivity index (χ1n) is 8.63. The van der Waals surface area contributed by atoms with Crippen LogP contribution < -0.4 is 5.32 Å². The Morgan fingerprint density at radius 1 is 1.32 bits per heavy atom. The molecule has 0 unspecified atom stereocenters. The molecule has 5 heteroatoms. The molecule has 0 aromatic rings. The highest BCUT2D eigenvalue weighted by atomic mass is 16.5. The van der Waals surface area contributed by atoms with Crippen molar-refractivity contribution in [3.05, 3.63) is 0 Å². The molecule has 0 aromatic carbocycles. The van der Waals surface area contributed by atoms with Crippen molar-refractivity contribution in [1.82, 2.24) is 15.1 Å². The summed E-state index contributed by atoms with van der Waals surface area (Å²) in [6.07, 6.45) is 1.79. The Kier molecular flexibility index (Phi) is 8.36. The molecule has 1 heterocycles. The Hall–Kier alpha value is -0.650. The zero-order chi connectivity index (χ0) is 16.6. The number of piperidine rings is 1. The summed E-state index contributed by atoms with van der Waals surface area (Å²) in [6.45, 7) is 12.3. The van der Waals surface area contributed by atoms with Gasteiger partial charge in [-0.05, 0) is 52.5 Å². The lowest BCUT2D eigenvalue weighted by Gasteiger charge is -2.40. The Labute approximate surface area is 136 Å². The zero-order valence-corrected chi connectivity index (χ0v) is 15.2. The van der Waals surface area contributed by atoms with Gasteiger partial charge in [-0.15, -0.1) is 0 Å². The molecule has 22 heavy (non-hydrogen) atoms. The summed E-state index contributed by atoms with van der Waals surface area (Å²) in [4.78, 5) is 17.2. The van der Waals surface area contributed by atoms with E-state index in [1.165, 1.54) is 0 Å². The van der Waals surface area contributed by atoms with Crippen LogP contribution in [0.2, 0.25) is 0 Å². The lowest BCUT2D eigenvalue weighted by Crippen LogP contribution is -2.51. The van der Waals surface area contributed by atoms with E-state index in [-0.39, 0.29) is 11.3 Å². The van der Waals surface area contributed by atoms with Gasteiger partial charge in [0.2, 0.25) is 5.91 Å². The van der Waals surface area contributed by atoms with Crippen LogP contribution in [0.1, 0.15) is 33.6 Å². The van der Waals surface area contributed by atoms with Crippen LogP contribution in [0, 0.1) is 11.3 Å². The first-order valence-corrected chi connectivity index (χ1v) is 8.63. The Morgan fingerprint density at radius 2 is 1.95 bits per heavy atom. The van der Waals surface area contributed by atoms with Crippen molar-refractivity contribution >= 4 is 5.91 Å². The molecular formula is C17H35N3O2. The number of likely N-dealkylation sites (N-methyl/N-ethyl adjacent to an activating group) is 1. The Bertz CT molecular complexity index is 324. The summed E-state index contributed by atoms with van der Waals surface area (Å²) in [6, 6.07) is 0. The molecule has 0 radical (unpaired) electrons. The number of hydrogen-bond acceptors (Lipinski definition) is 4. The fourth-order valence-electron chi connectivity index (χ4n) is 2.73. The van der Waals surface area contributed by atoms with E-state index in [4.69, 9.17) is 4.74 Å². The highest BCUT2D eigenvalue weighted by Gasteiger charge is 2.41. The first kappa shape index (κ1) is 19.4. The molecule has 0 aliphatic carbocycles. The number of carbonyl (C=O) groups excluding carboxylic acids is 1. The highest BCUT2D eigenvalue weighted by Crippen LogP contribution is 2.32. The molecule has 1 aliphatic heterocycles. The molecule has 1 fully saturated rings. The fourth-order valence-corrected chi connectivity index (χ4v) is 2.73. The quantitative estimate of drug-likeness (QED) is 0.654. The van der Waals surface area contributed by atoms with Crippen LogP contribution in [0.5, 0.6) is 0 Å². The predicted octanol–water partition coefficient (Wildman–Crippen LogP) is 1.44. The normalized spacial score (nSPS) is 18.9. The van der Waals surface area contributed by atoms with E-state index in [1.807, 2.05) is 14.1 Å². The summed E-state index contributed by atoms with van der Waals surface area (Å²) in [5.41, 5.74) is -0.340. The van der Waals surface area contributed by atoms with Crippen LogP contribution in [0.3, 0.4) is 0 Å². The molecule has 130 valence electrons. The van der Waals surface area contributed by atoms with Gasteiger partial charge in [-0.25, -0.2) is 0 Å². The highest BCUT2D eigenvalue weighted by molar-refractivity contribution is 5.83. The maximum atomic E-state index is 12.7. The van der Waals surface area contributed by atoms with Crippen molar-refractivity contribution in [1.29, 1.82) is 0 Å². The van der Waals surface area contributed by atoms with Gasteiger partial charge in [-0.3, -0.25) is 4.79 Å². The predicted molar refractivity (Wildman–Crippen MR) is 91.0 cm³/mol. The van der Waals surface area contributed by atoms with Gasteiger partial charge in [-0.2, -0.15) is 0 Å². The van der Waals surface area contributed by atoms with Gasteiger partial charge >= 0.3 is 0 Å². The molecule has 1 rings (SSSR count). The monoisotopic (exact) mass is 313 g/mol. The first-order chi connectivity index (χ1) is 10.4. The van der Waals surface area contributed by atoms with Gasteiger partial charge in [0.1, 0.15) is 0 Å². The minimum atomic E-state index is -0.340. The Morgan fingerprint density at radius 3 is 2.45 bits per heavy atom. The molecule has 1 N–H and O–H groups in total.